The number of hydrogen-bond donors (Lipinski definition) is 1. The van der Waals surface area contributed by atoms with E-state index in [2.05, 4.69) is 26.2 Å². The zero-order chi connectivity index (χ0) is 18.7. The van der Waals surface area contributed by atoms with E-state index in [-0.39, 0.29) is 17.1 Å². The second kappa shape index (κ2) is 7.21. The summed E-state index contributed by atoms with van der Waals surface area (Å²) in [5.41, 5.74) is -0.0714. The second-order valence-corrected chi connectivity index (χ2v) is 6.78. The van der Waals surface area contributed by atoms with Gasteiger partial charge in [0.2, 0.25) is 0 Å². The van der Waals surface area contributed by atoms with Crippen LogP contribution in [0.15, 0.2) is 71.3 Å². The molecule has 0 saturated carbocycles. The van der Waals surface area contributed by atoms with Crippen LogP contribution in [0.3, 0.4) is 0 Å². The molecule has 0 fully saturated rings. The van der Waals surface area contributed by atoms with E-state index in [1.54, 1.807) is 19.1 Å². The third-order valence-corrected chi connectivity index (χ3v) is 4.62. The van der Waals surface area contributed by atoms with E-state index in [0.29, 0.717) is 4.47 Å². The molecule has 0 amide bonds. The molecule has 0 spiro atoms. The minimum absolute atomic E-state index is 0.105. The van der Waals surface area contributed by atoms with Crippen molar-refractivity contribution in [1.82, 2.24) is 4.98 Å². The van der Waals surface area contributed by atoms with Crippen LogP contribution in [0.2, 0.25) is 0 Å². The summed E-state index contributed by atoms with van der Waals surface area (Å²) in [6.07, 6.45) is 1.50. The third-order valence-electron chi connectivity index (χ3n) is 4.12. The summed E-state index contributed by atoms with van der Waals surface area (Å²) in [5, 5.41) is 14.6. The first-order chi connectivity index (χ1) is 12.4. The Bertz CT molecular complexity index is 953. The summed E-state index contributed by atoms with van der Waals surface area (Å²) in [6, 6.07) is 16.6. The third kappa shape index (κ3) is 3.43. The predicted molar refractivity (Wildman–Crippen MR) is 102 cm³/mol. The van der Waals surface area contributed by atoms with Gasteiger partial charge in [-0.15, -0.1) is 0 Å². The van der Waals surface area contributed by atoms with Gasteiger partial charge in [0.15, 0.2) is 0 Å². The highest BCUT2D eigenvalue weighted by Gasteiger charge is 2.35. The number of anilines is 1. The van der Waals surface area contributed by atoms with Gasteiger partial charge < -0.3 is 5.32 Å². The Morgan fingerprint density at radius 2 is 1.88 bits per heavy atom. The Labute approximate surface area is 158 Å². The molecule has 1 heterocycles. The van der Waals surface area contributed by atoms with Crippen molar-refractivity contribution in [3.05, 3.63) is 98.5 Å². The van der Waals surface area contributed by atoms with E-state index >= 15 is 0 Å². The maximum Gasteiger partial charge on any atom is 0.292 e. The molecule has 3 rings (SSSR count). The Balaban J connectivity index is 2.20. The number of nitrogens with one attached hydrogen (secondary N) is 1. The first-order valence-electron chi connectivity index (χ1n) is 7.80. The van der Waals surface area contributed by atoms with Crippen LogP contribution in [0.5, 0.6) is 0 Å². The summed E-state index contributed by atoms with van der Waals surface area (Å²) >= 11 is 3.33. The van der Waals surface area contributed by atoms with E-state index in [4.69, 9.17) is 0 Å². The molecule has 132 valence electrons. The maximum atomic E-state index is 14.6. The number of halogens is 2. The molecule has 0 aliphatic heterocycles. The van der Waals surface area contributed by atoms with Crippen LogP contribution >= 0.6 is 15.9 Å². The molecule has 2 aromatic carbocycles. The molecule has 26 heavy (non-hydrogen) atoms. The van der Waals surface area contributed by atoms with E-state index in [0.717, 1.165) is 5.56 Å². The number of benzene rings is 2. The molecule has 1 unspecified atom stereocenters. The van der Waals surface area contributed by atoms with Gasteiger partial charge >= 0.3 is 0 Å². The SMILES string of the molecule is CC(Nc1cc(Br)ccc1[N+](=O)[O-])(c1ccccc1)c1ncccc1F. The minimum atomic E-state index is -1.11. The van der Waals surface area contributed by atoms with Crippen molar-refractivity contribution in [3.8, 4) is 0 Å². The average molecular weight is 416 g/mol. The first kappa shape index (κ1) is 18.0. The molecular weight excluding hydrogens is 401 g/mol. The lowest BCUT2D eigenvalue weighted by atomic mass is 9.87. The number of rotatable bonds is 5. The monoisotopic (exact) mass is 415 g/mol. The van der Waals surface area contributed by atoms with Crippen LogP contribution < -0.4 is 5.32 Å². The van der Waals surface area contributed by atoms with Gasteiger partial charge in [-0.3, -0.25) is 15.1 Å². The molecular formula is C19H15BrFN3O2. The van der Waals surface area contributed by atoms with Crippen molar-refractivity contribution in [2.75, 3.05) is 5.32 Å². The fourth-order valence-electron chi connectivity index (χ4n) is 2.83. The standard InChI is InChI=1S/C19H15BrFN3O2/c1-19(13-6-3-2-4-7-13,18-15(21)8-5-11-22-18)23-16-12-14(20)9-10-17(16)24(25)26/h2-12,23H,1H3. The average Bonchev–Trinajstić information content (AvgIpc) is 2.62. The Hall–Kier alpha value is -2.80. The van der Waals surface area contributed by atoms with Crippen LogP contribution in [-0.2, 0) is 5.54 Å². The number of pyridine rings is 1. The molecule has 0 radical (unpaired) electrons. The van der Waals surface area contributed by atoms with Crippen molar-refractivity contribution >= 4 is 27.3 Å². The van der Waals surface area contributed by atoms with Gasteiger partial charge in [0.05, 0.1) is 4.92 Å². The molecule has 5 nitrogen and oxygen atoms in total. The van der Waals surface area contributed by atoms with Gasteiger partial charge in [-0.25, -0.2) is 4.39 Å². The summed E-state index contributed by atoms with van der Waals surface area (Å²) in [7, 11) is 0. The summed E-state index contributed by atoms with van der Waals surface area (Å²) in [6.45, 7) is 1.75. The summed E-state index contributed by atoms with van der Waals surface area (Å²) in [4.78, 5) is 15.1. The molecule has 0 saturated heterocycles. The zero-order valence-electron chi connectivity index (χ0n) is 13.8. The Morgan fingerprint density at radius 3 is 2.54 bits per heavy atom. The van der Waals surface area contributed by atoms with Crippen LogP contribution in [0.4, 0.5) is 15.8 Å². The van der Waals surface area contributed by atoms with Gasteiger partial charge in [0.25, 0.3) is 5.69 Å². The van der Waals surface area contributed by atoms with E-state index < -0.39 is 16.3 Å². The second-order valence-electron chi connectivity index (χ2n) is 5.87. The fraction of sp³-hybridized carbons (Fsp3) is 0.105. The van der Waals surface area contributed by atoms with Crippen LogP contribution in [0.1, 0.15) is 18.2 Å². The van der Waals surface area contributed by atoms with Crippen LogP contribution in [0.25, 0.3) is 0 Å². The molecule has 0 aliphatic carbocycles. The highest BCUT2D eigenvalue weighted by atomic mass is 79.9. The number of nitrogens with zero attached hydrogens (tertiary/aromatic N) is 2. The quantitative estimate of drug-likeness (QED) is 0.455. The summed E-state index contributed by atoms with van der Waals surface area (Å²) < 4.78 is 15.2. The van der Waals surface area contributed by atoms with Crippen molar-refractivity contribution in [3.63, 3.8) is 0 Å². The number of nitro benzene ring substituents is 1. The molecule has 3 aromatic rings. The van der Waals surface area contributed by atoms with Crippen molar-refractivity contribution in [2.24, 2.45) is 0 Å². The molecule has 1 aromatic heterocycles. The van der Waals surface area contributed by atoms with E-state index in [1.165, 1.54) is 24.4 Å². The zero-order valence-corrected chi connectivity index (χ0v) is 15.4. The van der Waals surface area contributed by atoms with Gasteiger partial charge in [0.1, 0.15) is 22.7 Å². The predicted octanol–water partition coefficient (Wildman–Crippen LogP) is 5.27. The molecule has 7 heteroatoms. The Kier molecular flexibility index (Phi) is 4.99. The van der Waals surface area contributed by atoms with E-state index in [1.807, 2.05) is 30.3 Å². The summed E-state index contributed by atoms with van der Waals surface area (Å²) in [5.74, 6) is -0.496. The normalized spacial score (nSPS) is 13.0. The Morgan fingerprint density at radius 1 is 1.15 bits per heavy atom. The smallest absolute Gasteiger partial charge is 0.292 e. The van der Waals surface area contributed by atoms with Crippen molar-refractivity contribution in [1.29, 1.82) is 0 Å². The topological polar surface area (TPSA) is 68.1 Å². The van der Waals surface area contributed by atoms with Crippen LogP contribution in [0, 0.1) is 15.9 Å². The van der Waals surface area contributed by atoms with Crippen molar-refractivity contribution < 1.29 is 9.31 Å². The molecule has 1 atom stereocenters. The van der Waals surface area contributed by atoms with Gasteiger partial charge in [-0.2, -0.15) is 0 Å². The molecule has 1 N–H and O–H groups in total. The number of hydrogen-bond acceptors (Lipinski definition) is 4. The fourth-order valence-corrected chi connectivity index (χ4v) is 3.19. The van der Waals surface area contributed by atoms with Crippen LogP contribution in [-0.4, -0.2) is 9.91 Å². The maximum absolute atomic E-state index is 14.6. The lowest BCUT2D eigenvalue weighted by Gasteiger charge is -2.32. The van der Waals surface area contributed by atoms with Gasteiger partial charge in [-0.05, 0) is 36.8 Å². The van der Waals surface area contributed by atoms with E-state index in [9.17, 15) is 14.5 Å². The number of nitro groups is 1. The largest absolute Gasteiger partial charge is 0.365 e. The first-order valence-corrected chi connectivity index (χ1v) is 8.60. The van der Waals surface area contributed by atoms with Gasteiger partial charge in [-0.1, -0.05) is 46.3 Å². The van der Waals surface area contributed by atoms with Crippen molar-refractivity contribution in [2.45, 2.75) is 12.5 Å². The highest BCUT2D eigenvalue weighted by molar-refractivity contribution is 9.10. The lowest BCUT2D eigenvalue weighted by molar-refractivity contribution is -0.384. The number of aromatic nitrogens is 1. The minimum Gasteiger partial charge on any atom is -0.365 e. The van der Waals surface area contributed by atoms with Gasteiger partial charge in [0, 0.05) is 16.7 Å². The highest BCUT2D eigenvalue weighted by Crippen LogP contribution is 2.37. The molecule has 0 bridgehead atoms. The lowest BCUT2D eigenvalue weighted by Crippen LogP contribution is -2.35. The molecule has 0 aliphatic rings.